The van der Waals surface area contributed by atoms with Crippen LogP contribution in [0.2, 0.25) is 0 Å². The predicted molar refractivity (Wildman–Crippen MR) is 72.3 cm³/mol. The van der Waals surface area contributed by atoms with E-state index in [0.29, 0.717) is 18.3 Å². The number of carboxylic acid groups (broad SMARTS) is 1. The molecule has 1 unspecified atom stereocenters. The van der Waals surface area contributed by atoms with E-state index in [1.807, 2.05) is 7.05 Å². The lowest BCUT2D eigenvalue weighted by molar-refractivity contribution is 0.0692. The number of furan rings is 1. The van der Waals surface area contributed by atoms with Crippen LogP contribution in [0.4, 0.5) is 0 Å². The average Bonchev–Trinajstić information content (AvgIpc) is 2.97. The molecule has 1 saturated heterocycles. The molecule has 1 fully saturated rings. The molecule has 0 spiro atoms. The van der Waals surface area contributed by atoms with E-state index in [-0.39, 0.29) is 5.56 Å². The molecule has 0 saturated carbocycles. The minimum absolute atomic E-state index is 0.269. The fourth-order valence-electron chi connectivity index (χ4n) is 2.84. The van der Waals surface area contributed by atoms with Crippen LogP contribution in [0.3, 0.4) is 0 Å². The van der Waals surface area contributed by atoms with Gasteiger partial charge in [0.2, 0.25) is 0 Å². The summed E-state index contributed by atoms with van der Waals surface area (Å²) in [5.41, 5.74) is 0.269. The quantitative estimate of drug-likeness (QED) is 0.852. The molecule has 106 valence electrons. The highest BCUT2D eigenvalue weighted by Crippen LogP contribution is 2.19. The van der Waals surface area contributed by atoms with E-state index < -0.39 is 5.97 Å². The van der Waals surface area contributed by atoms with E-state index in [4.69, 9.17) is 9.52 Å². The monoisotopic (exact) mass is 266 g/mol. The van der Waals surface area contributed by atoms with Crippen molar-refractivity contribution in [2.45, 2.75) is 32.4 Å². The van der Waals surface area contributed by atoms with Crippen LogP contribution in [-0.2, 0) is 6.54 Å². The number of nitrogens with zero attached hydrogens (tertiary/aromatic N) is 2. The van der Waals surface area contributed by atoms with E-state index >= 15 is 0 Å². The third-order valence-electron chi connectivity index (χ3n) is 3.82. The lowest BCUT2D eigenvalue weighted by atomic mass is 10.2. The second kappa shape index (κ2) is 6.21. The van der Waals surface area contributed by atoms with Gasteiger partial charge in [-0.2, -0.15) is 0 Å². The van der Waals surface area contributed by atoms with E-state index in [0.717, 1.165) is 13.1 Å². The van der Waals surface area contributed by atoms with Gasteiger partial charge in [-0.05, 0) is 39.0 Å². The average molecular weight is 266 g/mol. The third kappa shape index (κ3) is 3.36. The topological polar surface area (TPSA) is 56.9 Å². The van der Waals surface area contributed by atoms with Gasteiger partial charge in [-0.3, -0.25) is 9.80 Å². The highest BCUT2D eigenvalue weighted by atomic mass is 16.4. The number of hydrogen-bond donors (Lipinski definition) is 1. The molecule has 2 rings (SSSR count). The second-order valence-corrected chi connectivity index (χ2v) is 5.18. The number of likely N-dealkylation sites (N-methyl/N-ethyl adjacent to an activating group) is 2. The van der Waals surface area contributed by atoms with E-state index in [1.165, 1.54) is 31.7 Å². The Morgan fingerprint density at radius 1 is 1.63 bits per heavy atom. The molecule has 0 aliphatic carbocycles. The van der Waals surface area contributed by atoms with Gasteiger partial charge in [-0.25, -0.2) is 4.79 Å². The molecule has 2 heterocycles. The molecule has 1 N–H and O–H groups in total. The highest BCUT2D eigenvalue weighted by molar-refractivity contribution is 5.88. The fourth-order valence-corrected chi connectivity index (χ4v) is 2.84. The van der Waals surface area contributed by atoms with Crippen LogP contribution in [0.5, 0.6) is 0 Å². The summed E-state index contributed by atoms with van der Waals surface area (Å²) >= 11 is 0. The molecule has 1 aromatic heterocycles. The van der Waals surface area contributed by atoms with Crippen molar-refractivity contribution in [3.8, 4) is 0 Å². The van der Waals surface area contributed by atoms with Crippen LogP contribution in [0.15, 0.2) is 16.7 Å². The molecule has 0 bridgehead atoms. The minimum Gasteiger partial charge on any atom is -0.478 e. The van der Waals surface area contributed by atoms with Crippen molar-refractivity contribution in [1.29, 1.82) is 0 Å². The SMILES string of the molecule is CCN1CCCC1CN(C)Cc1occc1C(=O)O. The summed E-state index contributed by atoms with van der Waals surface area (Å²) in [6, 6.07) is 2.10. The molecule has 1 aliphatic rings. The van der Waals surface area contributed by atoms with Crippen molar-refractivity contribution in [1.82, 2.24) is 9.80 Å². The molecule has 0 aromatic carbocycles. The van der Waals surface area contributed by atoms with Gasteiger partial charge in [0, 0.05) is 12.6 Å². The molecule has 1 atom stereocenters. The van der Waals surface area contributed by atoms with Gasteiger partial charge in [0.05, 0.1) is 12.8 Å². The van der Waals surface area contributed by atoms with E-state index in [1.54, 1.807) is 0 Å². The summed E-state index contributed by atoms with van der Waals surface area (Å²) in [5.74, 6) is -0.385. The molecular weight excluding hydrogens is 244 g/mol. The van der Waals surface area contributed by atoms with Crippen LogP contribution in [-0.4, -0.2) is 53.6 Å². The Kier molecular flexibility index (Phi) is 4.61. The van der Waals surface area contributed by atoms with Gasteiger partial charge in [0.15, 0.2) is 0 Å². The zero-order valence-electron chi connectivity index (χ0n) is 11.6. The number of carbonyl (C=O) groups is 1. The van der Waals surface area contributed by atoms with Gasteiger partial charge in [-0.15, -0.1) is 0 Å². The lowest BCUT2D eigenvalue weighted by Crippen LogP contribution is -2.38. The van der Waals surface area contributed by atoms with Gasteiger partial charge in [0.25, 0.3) is 0 Å². The van der Waals surface area contributed by atoms with Gasteiger partial charge < -0.3 is 9.52 Å². The maximum Gasteiger partial charge on any atom is 0.339 e. The Bertz CT molecular complexity index is 430. The van der Waals surface area contributed by atoms with Crippen molar-refractivity contribution in [3.05, 3.63) is 23.7 Å². The first kappa shape index (κ1) is 14.1. The number of aromatic carboxylic acids is 1. The van der Waals surface area contributed by atoms with Crippen molar-refractivity contribution in [3.63, 3.8) is 0 Å². The highest BCUT2D eigenvalue weighted by Gasteiger charge is 2.24. The first-order valence-electron chi connectivity index (χ1n) is 6.84. The van der Waals surface area contributed by atoms with Crippen molar-refractivity contribution in [2.24, 2.45) is 0 Å². The third-order valence-corrected chi connectivity index (χ3v) is 3.82. The predicted octanol–water partition coefficient (Wildman–Crippen LogP) is 1.89. The van der Waals surface area contributed by atoms with E-state index in [2.05, 4.69) is 16.7 Å². The van der Waals surface area contributed by atoms with Crippen LogP contribution < -0.4 is 0 Å². The maximum absolute atomic E-state index is 11.0. The summed E-state index contributed by atoms with van der Waals surface area (Å²) in [4.78, 5) is 15.6. The summed E-state index contributed by atoms with van der Waals surface area (Å²) in [5, 5.41) is 9.05. The molecular formula is C14H22N2O3. The Morgan fingerprint density at radius 2 is 2.42 bits per heavy atom. The van der Waals surface area contributed by atoms with Crippen LogP contribution in [0, 0.1) is 0 Å². The van der Waals surface area contributed by atoms with Crippen molar-refractivity contribution >= 4 is 5.97 Å². The Balaban J connectivity index is 1.92. The van der Waals surface area contributed by atoms with Crippen molar-refractivity contribution in [2.75, 3.05) is 26.7 Å². The van der Waals surface area contributed by atoms with Gasteiger partial charge >= 0.3 is 5.97 Å². The number of carboxylic acids is 1. The molecule has 19 heavy (non-hydrogen) atoms. The molecule has 1 aliphatic heterocycles. The normalized spacial score (nSPS) is 20.3. The number of hydrogen-bond acceptors (Lipinski definition) is 4. The Labute approximate surface area is 113 Å². The first-order valence-corrected chi connectivity index (χ1v) is 6.84. The fraction of sp³-hybridized carbons (Fsp3) is 0.643. The zero-order chi connectivity index (χ0) is 13.8. The Hall–Kier alpha value is -1.33. The standard InChI is InChI=1S/C14H22N2O3/c1-3-16-7-4-5-11(16)9-15(2)10-13-12(14(17)18)6-8-19-13/h6,8,11H,3-5,7,9-10H2,1-2H3,(H,17,18). The molecule has 0 amide bonds. The number of rotatable bonds is 6. The van der Waals surface area contributed by atoms with Gasteiger partial charge in [0.1, 0.15) is 11.3 Å². The lowest BCUT2D eigenvalue weighted by Gasteiger charge is -2.27. The van der Waals surface area contributed by atoms with Gasteiger partial charge in [-0.1, -0.05) is 6.92 Å². The number of likely N-dealkylation sites (tertiary alicyclic amines) is 1. The zero-order valence-corrected chi connectivity index (χ0v) is 11.6. The summed E-state index contributed by atoms with van der Waals surface area (Å²) in [7, 11) is 2.01. The van der Waals surface area contributed by atoms with E-state index in [9.17, 15) is 4.79 Å². The van der Waals surface area contributed by atoms with Crippen LogP contribution in [0.1, 0.15) is 35.9 Å². The molecule has 1 aromatic rings. The van der Waals surface area contributed by atoms with Crippen LogP contribution in [0.25, 0.3) is 0 Å². The van der Waals surface area contributed by atoms with Crippen LogP contribution >= 0.6 is 0 Å². The minimum atomic E-state index is -0.923. The van der Waals surface area contributed by atoms with Crippen molar-refractivity contribution < 1.29 is 14.3 Å². The smallest absolute Gasteiger partial charge is 0.339 e. The Morgan fingerprint density at radius 3 is 3.11 bits per heavy atom. The molecule has 5 heteroatoms. The largest absolute Gasteiger partial charge is 0.478 e. The summed E-state index contributed by atoms with van der Waals surface area (Å²) in [6.45, 7) is 5.94. The summed E-state index contributed by atoms with van der Waals surface area (Å²) in [6.07, 6.45) is 3.93. The molecule has 5 nitrogen and oxygen atoms in total. The first-order chi connectivity index (χ1) is 9.11. The second-order valence-electron chi connectivity index (χ2n) is 5.18. The molecule has 0 radical (unpaired) electrons. The maximum atomic E-state index is 11.0. The summed E-state index contributed by atoms with van der Waals surface area (Å²) < 4.78 is 5.28.